The van der Waals surface area contributed by atoms with Gasteiger partial charge in [-0.1, -0.05) is 0 Å². The molecule has 1 aliphatic rings. The van der Waals surface area contributed by atoms with Crippen LogP contribution >= 0.6 is 0 Å². The Hall–Kier alpha value is -1.55. The lowest BCUT2D eigenvalue weighted by atomic mass is 9.96. The van der Waals surface area contributed by atoms with Crippen molar-refractivity contribution < 1.29 is 19.4 Å². The molecule has 1 atom stereocenters. The summed E-state index contributed by atoms with van der Waals surface area (Å²) in [6.45, 7) is 3.41. The maximum absolute atomic E-state index is 10.8. The Morgan fingerprint density at radius 1 is 1.53 bits per heavy atom. The maximum Gasteiger partial charge on any atom is 0.165 e. The van der Waals surface area contributed by atoms with Crippen LogP contribution in [-0.4, -0.2) is 30.2 Å². The molecule has 0 bridgehead atoms. The molecule has 4 nitrogen and oxygen atoms in total. The summed E-state index contributed by atoms with van der Waals surface area (Å²) < 4.78 is 10.9. The standard InChI is InChI=1S/C13H16O4/c1-13(2,15)11-6-9-4-8(7-14)5-10(16-3)12(9)17-11/h4-5,7,11,15H,6H2,1-3H3. The number of rotatable bonds is 3. The minimum absolute atomic E-state index is 0.312. The lowest BCUT2D eigenvalue weighted by molar-refractivity contribution is -0.0235. The first kappa shape index (κ1) is 11.9. The molecule has 0 amide bonds. The molecule has 0 aromatic heterocycles. The Morgan fingerprint density at radius 3 is 2.76 bits per heavy atom. The molecule has 1 N–H and O–H groups in total. The summed E-state index contributed by atoms with van der Waals surface area (Å²) in [4.78, 5) is 10.8. The van der Waals surface area contributed by atoms with E-state index in [-0.39, 0.29) is 6.10 Å². The summed E-state index contributed by atoms with van der Waals surface area (Å²) in [7, 11) is 1.53. The Labute approximate surface area is 100 Å². The first-order valence-electron chi connectivity index (χ1n) is 5.51. The quantitative estimate of drug-likeness (QED) is 0.809. The number of methoxy groups -OCH3 is 1. The summed E-state index contributed by atoms with van der Waals surface area (Å²) in [5, 5.41) is 9.94. The van der Waals surface area contributed by atoms with Crippen LogP contribution in [0, 0.1) is 0 Å². The number of ether oxygens (including phenoxy) is 2. The average Bonchev–Trinajstić information content (AvgIpc) is 2.70. The van der Waals surface area contributed by atoms with E-state index in [2.05, 4.69) is 0 Å². The van der Waals surface area contributed by atoms with Gasteiger partial charge in [-0.05, 0) is 26.0 Å². The summed E-state index contributed by atoms with van der Waals surface area (Å²) in [6.07, 6.45) is 1.05. The van der Waals surface area contributed by atoms with Gasteiger partial charge in [-0.3, -0.25) is 4.79 Å². The van der Waals surface area contributed by atoms with Crippen LogP contribution in [0.4, 0.5) is 0 Å². The Kier molecular flexibility index (Phi) is 2.83. The van der Waals surface area contributed by atoms with E-state index in [4.69, 9.17) is 9.47 Å². The normalized spacial score (nSPS) is 18.5. The number of hydrogen-bond donors (Lipinski definition) is 1. The highest BCUT2D eigenvalue weighted by Gasteiger charge is 2.36. The number of benzene rings is 1. The summed E-state index contributed by atoms with van der Waals surface area (Å²) in [5.74, 6) is 1.17. The molecule has 0 aliphatic carbocycles. The van der Waals surface area contributed by atoms with Gasteiger partial charge in [0.1, 0.15) is 12.4 Å². The van der Waals surface area contributed by atoms with Crippen LogP contribution in [0.2, 0.25) is 0 Å². The van der Waals surface area contributed by atoms with Gasteiger partial charge in [-0.15, -0.1) is 0 Å². The minimum atomic E-state index is -0.925. The molecule has 0 spiro atoms. The van der Waals surface area contributed by atoms with Gasteiger partial charge < -0.3 is 14.6 Å². The smallest absolute Gasteiger partial charge is 0.165 e. The largest absolute Gasteiger partial charge is 0.493 e. The third-order valence-electron chi connectivity index (χ3n) is 2.96. The lowest BCUT2D eigenvalue weighted by Gasteiger charge is -2.24. The van der Waals surface area contributed by atoms with Gasteiger partial charge in [0.05, 0.1) is 12.7 Å². The first-order valence-corrected chi connectivity index (χ1v) is 5.51. The van der Waals surface area contributed by atoms with E-state index < -0.39 is 5.60 Å². The Balaban J connectivity index is 2.40. The van der Waals surface area contributed by atoms with Crippen molar-refractivity contribution in [2.24, 2.45) is 0 Å². The molecule has 2 rings (SSSR count). The average molecular weight is 236 g/mol. The van der Waals surface area contributed by atoms with Gasteiger partial charge in [0.2, 0.25) is 0 Å². The van der Waals surface area contributed by atoms with Gasteiger partial charge in [-0.25, -0.2) is 0 Å². The number of hydrogen-bond acceptors (Lipinski definition) is 4. The van der Waals surface area contributed by atoms with E-state index in [1.807, 2.05) is 0 Å². The third kappa shape index (κ3) is 2.13. The van der Waals surface area contributed by atoms with Crippen LogP contribution in [0.15, 0.2) is 12.1 Å². The molecule has 1 aromatic carbocycles. The molecule has 0 saturated heterocycles. The van der Waals surface area contributed by atoms with Crippen molar-refractivity contribution in [3.05, 3.63) is 23.3 Å². The zero-order valence-corrected chi connectivity index (χ0v) is 10.2. The molecule has 4 heteroatoms. The number of aliphatic hydroxyl groups is 1. The van der Waals surface area contributed by atoms with E-state index in [0.717, 1.165) is 11.8 Å². The van der Waals surface area contributed by atoms with E-state index in [0.29, 0.717) is 23.5 Å². The van der Waals surface area contributed by atoms with Crippen LogP contribution in [0.1, 0.15) is 29.8 Å². The van der Waals surface area contributed by atoms with E-state index in [1.165, 1.54) is 7.11 Å². The molecule has 92 valence electrons. The lowest BCUT2D eigenvalue weighted by Crippen LogP contribution is -2.39. The molecular weight excluding hydrogens is 220 g/mol. The van der Waals surface area contributed by atoms with Crippen molar-refractivity contribution in [3.63, 3.8) is 0 Å². The zero-order chi connectivity index (χ0) is 12.6. The molecule has 1 aromatic rings. The maximum atomic E-state index is 10.8. The molecule has 1 unspecified atom stereocenters. The monoisotopic (exact) mass is 236 g/mol. The van der Waals surface area contributed by atoms with Crippen molar-refractivity contribution in [2.75, 3.05) is 7.11 Å². The minimum Gasteiger partial charge on any atom is -0.493 e. The fourth-order valence-corrected chi connectivity index (χ4v) is 1.97. The Bertz CT molecular complexity index is 445. The predicted octanol–water partition coefficient (Wildman–Crippen LogP) is 1.58. The van der Waals surface area contributed by atoms with Gasteiger partial charge in [0, 0.05) is 17.5 Å². The van der Waals surface area contributed by atoms with Crippen molar-refractivity contribution in [3.8, 4) is 11.5 Å². The second kappa shape index (κ2) is 4.04. The predicted molar refractivity (Wildman–Crippen MR) is 62.8 cm³/mol. The highest BCUT2D eigenvalue weighted by atomic mass is 16.5. The van der Waals surface area contributed by atoms with Gasteiger partial charge in [0.15, 0.2) is 11.5 Å². The fraction of sp³-hybridized carbons (Fsp3) is 0.462. The molecular formula is C13H16O4. The van der Waals surface area contributed by atoms with Crippen molar-refractivity contribution >= 4 is 6.29 Å². The molecule has 1 heterocycles. The Morgan fingerprint density at radius 2 is 2.24 bits per heavy atom. The van der Waals surface area contributed by atoms with E-state index in [1.54, 1.807) is 26.0 Å². The van der Waals surface area contributed by atoms with Crippen molar-refractivity contribution in [1.82, 2.24) is 0 Å². The van der Waals surface area contributed by atoms with Gasteiger partial charge >= 0.3 is 0 Å². The number of aldehydes is 1. The first-order chi connectivity index (χ1) is 7.95. The topological polar surface area (TPSA) is 55.8 Å². The zero-order valence-electron chi connectivity index (χ0n) is 10.2. The number of carbonyl (C=O) groups is 1. The van der Waals surface area contributed by atoms with Crippen molar-refractivity contribution in [1.29, 1.82) is 0 Å². The van der Waals surface area contributed by atoms with Crippen molar-refractivity contribution in [2.45, 2.75) is 32.0 Å². The van der Waals surface area contributed by atoms with Crippen LogP contribution in [0.3, 0.4) is 0 Å². The van der Waals surface area contributed by atoms with Crippen LogP contribution < -0.4 is 9.47 Å². The molecule has 1 aliphatic heterocycles. The highest BCUT2D eigenvalue weighted by molar-refractivity contribution is 5.77. The number of carbonyl (C=O) groups excluding carboxylic acids is 1. The van der Waals surface area contributed by atoms with Gasteiger partial charge in [-0.2, -0.15) is 0 Å². The summed E-state index contributed by atoms with van der Waals surface area (Å²) >= 11 is 0. The number of fused-ring (bicyclic) bond motifs is 1. The molecule has 17 heavy (non-hydrogen) atoms. The van der Waals surface area contributed by atoms with Crippen LogP contribution in [0.25, 0.3) is 0 Å². The van der Waals surface area contributed by atoms with Crippen LogP contribution in [-0.2, 0) is 6.42 Å². The fourth-order valence-electron chi connectivity index (χ4n) is 1.97. The van der Waals surface area contributed by atoms with Gasteiger partial charge in [0.25, 0.3) is 0 Å². The molecule has 0 radical (unpaired) electrons. The summed E-state index contributed by atoms with van der Waals surface area (Å²) in [5.41, 5.74) is 0.532. The highest BCUT2D eigenvalue weighted by Crippen LogP contribution is 2.40. The summed E-state index contributed by atoms with van der Waals surface area (Å²) in [6, 6.07) is 3.41. The van der Waals surface area contributed by atoms with E-state index >= 15 is 0 Å². The van der Waals surface area contributed by atoms with E-state index in [9.17, 15) is 9.90 Å². The molecule has 0 fully saturated rings. The molecule has 0 saturated carbocycles. The second-order valence-corrected chi connectivity index (χ2v) is 4.79. The van der Waals surface area contributed by atoms with Crippen LogP contribution in [0.5, 0.6) is 11.5 Å². The SMILES string of the molecule is COc1cc(C=O)cc2c1OC(C(C)(C)O)C2. The second-order valence-electron chi connectivity index (χ2n) is 4.79. The third-order valence-corrected chi connectivity index (χ3v) is 2.96.